The van der Waals surface area contributed by atoms with Crippen molar-refractivity contribution in [3.8, 4) is 0 Å². The number of hydrogen-bond acceptors (Lipinski definition) is 6. The van der Waals surface area contributed by atoms with Gasteiger partial charge in [-0.3, -0.25) is 4.90 Å². The van der Waals surface area contributed by atoms with Gasteiger partial charge in [0.25, 0.3) is 0 Å². The molecule has 114 valence electrons. The lowest BCUT2D eigenvalue weighted by Crippen LogP contribution is -2.16. The van der Waals surface area contributed by atoms with Crippen LogP contribution in [0.15, 0.2) is 12.1 Å². The number of aryl methyl sites for hydroxylation is 1. The van der Waals surface area contributed by atoms with E-state index in [1.165, 1.54) is 45.4 Å². The Balaban J connectivity index is 1.57. The van der Waals surface area contributed by atoms with E-state index in [1.807, 2.05) is 18.3 Å². The average Bonchev–Trinajstić information content (AvgIpc) is 3.10. The molecule has 6 heteroatoms. The van der Waals surface area contributed by atoms with Crippen molar-refractivity contribution in [3.05, 3.63) is 32.5 Å². The molecule has 1 unspecified atom stereocenters. The van der Waals surface area contributed by atoms with Crippen molar-refractivity contribution in [3.63, 3.8) is 0 Å². The first kappa shape index (κ1) is 15.1. The molecule has 1 aliphatic rings. The number of aromatic nitrogens is 2. The minimum Gasteiger partial charge on any atom is -0.373 e. The molecule has 0 aliphatic carbocycles. The third-order valence-electron chi connectivity index (χ3n) is 3.76. The third kappa shape index (κ3) is 3.88. The first-order chi connectivity index (χ1) is 10.2. The van der Waals surface area contributed by atoms with Gasteiger partial charge < -0.3 is 4.74 Å². The highest BCUT2D eigenvalue weighted by Gasteiger charge is 2.18. The molecule has 3 rings (SSSR count). The molecular formula is C15H21N3OS2. The normalized spacial score (nSPS) is 19.3. The lowest BCUT2D eigenvalue weighted by atomic mass is 10.1. The summed E-state index contributed by atoms with van der Waals surface area (Å²) in [7, 11) is 2.15. The fraction of sp³-hybridized carbons (Fsp3) is 0.600. The summed E-state index contributed by atoms with van der Waals surface area (Å²) in [6.45, 7) is 4.82. The third-order valence-corrected chi connectivity index (χ3v) is 5.73. The Labute approximate surface area is 133 Å². The fourth-order valence-corrected chi connectivity index (χ4v) is 4.47. The molecular weight excluding hydrogens is 302 g/mol. The number of ether oxygens (including phenoxy) is 1. The van der Waals surface area contributed by atoms with E-state index >= 15 is 0 Å². The molecule has 1 fully saturated rings. The predicted octanol–water partition coefficient (Wildman–Crippen LogP) is 3.78. The van der Waals surface area contributed by atoms with E-state index in [9.17, 15) is 0 Å². The topological polar surface area (TPSA) is 38.2 Å². The van der Waals surface area contributed by atoms with Gasteiger partial charge >= 0.3 is 0 Å². The SMILES string of the molecule is Cc1nnsc1CN(C)Cc1ccc(C2CCCCO2)s1. The van der Waals surface area contributed by atoms with E-state index < -0.39 is 0 Å². The van der Waals surface area contributed by atoms with Gasteiger partial charge in [0.2, 0.25) is 0 Å². The molecule has 1 atom stereocenters. The van der Waals surface area contributed by atoms with Crippen molar-refractivity contribution in [1.29, 1.82) is 0 Å². The minimum atomic E-state index is 0.329. The van der Waals surface area contributed by atoms with E-state index in [1.54, 1.807) is 0 Å². The highest BCUT2D eigenvalue weighted by atomic mass is 32.1. The highest BCUT2D eigenvalue weighted by molar-refractivity contribution is 7.12. The first-order valence-electron chi connectivity index (χ1n) is 7.39. The zero-order chi connectivity index (χ0) is 14.7. The lowest BCUT2D eigenvalue weighted by Gasteiger charge is -2.21. The zero-order valence-electron chi connectivity index (χ0n) is 12.5. The van der Waals surface area contributed by atoms with Gasteiger partial charge in [0.15, 0.2) is 0 Å². The minimum absolute atomic E-state index is 0.329. The van der Waals surface area contributed by atoms with Crippen LogP contribution in [0.3, 0.4) is 0 Å². The Morgan fingerprint density at radius 3 is 2.95 bits per heavy atom. The maximum atomic E-state index is 5.87. The summed E-state index contributed by atoms with van der Waals surface area (Å²) in [5.74, 6) is 0. The standard InChI is InChI=1S/C15H21N3OS2/c1-11-15(21-17-16-11)10-18(2)9-12-6-7-14(20-12)13-5-3-4-8-19-13/h6-7,13H,3-5,8-10H2,1-2H3. The monoisotopic (exact) mass is 323 g/mol. The van der Waals surface area contributed by atoms with Gasteiger partial charge in [-0.1, -0.05) is 4.49 Å². The van der Waals surface area contributed by atoms with Crippen LogP contribution in [0.4, 0.5) is 0 Å². The Morgan fingerprint density at radius 1 is 1.33 bits per heavy atom. The molecule has 0 radical (unpaired) electrons. The number of nitrogens with zero attached hydrogens (tertiary/aromatic N) is 3. The molecule has 21 heavy (non-hydrogen) atoms. The van der Waals surface area contributed by atoms with Gasteiger partial charge in [0, 0.05) is 29.5 Å². The molecule has 3 heterocycles. The molecule has 0 amide bonds. The fourth-order valence-electron chi connectivity index (χ4n) is 2.58. The van der Waals surface area contributed by atoms with Gasteiger partial charge in [0.1, 0.15) is 0 Å². The molecule has 0 N–H and O–H groups in total. The number of rotatable bonds is 5. The van der Waals surface area contributed by atoms with E-state index in [0.29, 0.717) is 6.10 Å². The summed E-state index contributed by atoms with van der Waals surface area (Å²) < 4.78 is 9.86. The van der Waals surface area contributed by atoms with Crippen LogP contribution in [0.1, 0.15) is 45.7 Å². The second-order valence-corrected chi connectivity index (χ2v) is 7.65. The van der Waals surface area contributed by atoms with Crippen molar-refractivity contribution in [2.24, 2.45) is 0 Å². The van der Waals surface area contributed by atoms with Crippen molar-refractivity contribution >= 4 is 22.9 Å². The summed E-state index contributed by atoms with van der Waals surface area (Å²) in [4.78, 5) is 6.36. The summed E-state index contributed by atoms with van der Waals surface area (Å²) >= 11 is 3.39. The predicted molar refractivity (Wildman–Crippen MR) is 86.7 cm³/mol. The van der Waals surface area contributed by atoms with E-state index in [0.717, 1.165) is 25.4 Å². The zero-order valence-corrected chi connectivity index (χ0v) is 14.2. The van der Waals surface area contributed by atoms with Crippen LogP contribution in [-0.4, -0.2) is 28.1 Å². The van der Waals surface area contributed by atoms with Crippen LogP contribution in [0, 0.1) is 6.92 Å². The van der Waals surface area contributed by atoms with Gasteiger partial charge in [0.05, 0.1) is 16.7 Å². The van der Waals surface area contributed by atoms with Crippen LogP contribution in [-0.2, 0) is 17.8 Å². The van der Waals surface area contributed by atoms with Crippen molar-refractivity contribution < 1.29 is 4.74 Å². The summed E-state index contributed by atoms with van der Waals surface area (Å²) in [5.41, 5.74) is 1.05. The van der Waals surface area contributed by atoms with E-state index in [4.69, 9.17) is 4.74 Å². The van der Waals surface area contributed by atoms with Crippen LogP contribution in [0.5, 0.6) is 0 Å². The van der Waals surface area contributed by atoms with Gasteiger partial charge in [-0.25, -0.2) is 0 Å². The first-order valence-corrected chi connectivity index (χ1v) is 8.98. The second-order valence-electron chi connectivity index (χ2n) is 5.61. The molecule has 0 aromatic carbocycles. The molecule has 2 aromatic heterocycles. The Morgan fingerprint density at radius 2 is 2.24 bits per heavy atom. The van der Waals surface area contributed by atoms with Crippen LogP contribution >= 0.6 is 22.9 Å². The molecule has 4 nitrogen and oxygen atoms in total. The van der Waals surface area contributed by atoms with Gasteiger partial charge in [-0.15, -0.1) is 16.4 Å². The molecule has 1 aliphatic heterocycles. The van der Waals surface area contributed by atoms with Crippen LogP contribution in [0.25, 0.3) is 0 Å². The summed E-state index contributed by atoms with van der Waals surface area (Å²) in [6, 6.07) is 4.48. The molecule has 0 saturated carbocycles. The Hall–Kier alpha value is -0.820. The van der Waals surface area contributed by atoms with Crippen LogP contribution < -0.4 is 0 Å². The Bertz CT molecular complexity index is 575. The number of thiophene rings is 1. The maximum absolute atomic E-state index is 5.87. The smallest absolute Gasteiger partial charge is 0.0916 e. The van der Waals surface area contributed by atoms with Gasteiger partial charge in [-0.2, -0.15) is 0 Å². The molecule has 2 aromatic rings. The van der Waals surface area contributed by atoms with Crippen molar-refractivity contribution in [2.75, 3.05) is 13.7 Å². The summed E-state index contributed by atoms with van der Waals surface area (Å²) in [6.07, 6.45) is 3.99. The average molecular weight is 323 g/mol. The lowest BCUT2D eigenvalue weighted by molar-refractivity contribution is 0.0172. The maximum Gasteiger partial charge on any atom is 0.0916 e. The Kier molecular flexibility index (Phi) is 5.00. The molecule has 1 saturated heterocycles. The highest BCUT2D eigenvalue weighted by Crippen LogP contribution is 2.33. The van der Waals surface area contributed by atoms with E-state index in [2.05, 4.69) is 33.7 Å². The molecule has 0 spiro atoms. The summed E-state index contributed by atoms with van der Waals surface area (Å²) in [5, 5.41) is 4.07. The van der Waals surface area contributed by atoms with E-state index in [-0.39, 0.29) is 0 Å². The largest absolute Gasteiger partial charge is 0.373 e. The van der Waals surface area contributed by atoms with Crippen LogP contribution in [0.2, 0.25) is 0 Å². The van der Waals surface area contributed by atoms with Crippen molar-refractivity contribution in [2.45, 2.75) is 45.4 Å². The molecule has 0 bridgehead atoms. The van der Waals surface area contributed by atoms with Gasteiger partial charge in [-0.05, 0) is 56.9 Å². The quantitative estimate of drug-likeness (QED) is 0.839. The number of hydrogen-bond donors (Lipinski definition) is 0. The second kappa shape index (κ2) is 6.96. The van der Waals surface area contributed by atoms with Crippen molar-refractivity contribution in [1.82, 2.24) is 14.5 Å².